The summed E-state index contributed by atoms with van der Waals surface area (Å²) in [6.07, 6.45) is -6.54. The topological polar surface area (TPSA) is 70.2 Å². The van der Waals surface area contributed by atoms with E-state index in [0.29, 0.717) is 26.1 Å². The maximum Gasteiger partial charge on any atom is 0.389 e. The van der Waals surface area contributed by atoms with Crippen molar-refractivity contribution in [2.75, 3.05) is 45.9 Å². The Balaban J connectivity index is 2.09. The fraction of sp³-hybridized carbons (Fsp3) is 0.609. The highest BCUT2D eigenvalue weighted by molar-refractivity contribution is 5.85. The van der Waals surface area contributed by atoms with Crippen LogP contribution in [0.15, 0.2) is 30.3 Å². The molecule has 1 atom stereocenters. The Labute approximate surface area is 192 Å². The number of carbonyl (C=O) groups excluding carboxylic acids is 3. The van der Waals surface area contributed by atoms with E-state index in [0.717, 1.165) is 10.5 Å². The van der Waals surface area contributed by atoms with Gasteiger partial charge in [-0.1, -0.05) is 30.3 Å². The molecule has 7 nitrogen and oxygen atoms in total. The molecule has 1 saturated heterocycles. The lowest BCUT2D eigenvalue weighted by molar-refractivity contribution is -0.151. The lowest BCUT2D eigenvalue weighted by Gasteiger charge is -2.26. The van der Waals surface area contributed by atoms with Crippen molar-refractivity contribution in [2.24, 2.45) is 0 Å². The van der Waals surface area contributed by atoms with Crippen molar-refractivity contribution in [3.8, 4) is 0 Å². The first-order valence-electron chi connectivity index (χ1n) is 11.2. The number of halogens is 3. The molecule has 33 heavy (non-hydrogen) atoms. The number of benzene rings is 1. The van der Waals surface area contributed by atoms with Crippen molar-refractivity contribution in [3.05, 3.63) is 35.9 Å². The smallest absolute Gasteiger partial charge is 0.365 e. The fourth-order valence-corrected chi connectivity index (χ4v) is 3.66. The van der Waals surface area contributed by atoms with E-state index in [4.69, 9.17) is 4.74 Å². The van der Waals surface area contributed by atoms with E-state index in [-0.39, 0.29) is 38.1 Å². The van der Waals surface area contributed by atoms with Gasteiger partial charge in [-0.05, 0) is 25.8 Å². The van der Waals surface area contributed by atoms with Gasteiger partial charge in [0.05, 0.1) is 19.1 Å². The fourth-order valence-electron chi connectivity index (χ4n) is 3.66. The number of hydrogen-bond donors (Lipinski definition) is 0. The van der Waals surface area contributed by atoms with Gasteiger partial charge in [0.1, 0.15) is 6.61 Å². The van der Waals surface area contributed by atoms with E-state index < -0.39 is 31.0 Å². The summed E-state index contributed by atoms with van der Waals surface area (Å²) in [5.74, 6) is -1.33. The van der Waals surface area contributed by atoms with Crippen molar-refractivity contribution < 1.29 is 32.3 Å². The predicted molar refractivity (Wildman–Crippen MR) is 116 cm³/mol. The summed E-state index contributed by atoms with van der Waals surface area (Å²) in [4.78, 5) is 41.9. The molecule has 1 heterocycles. The Bertz CT molecular complexity index is 785. The average Bonchev–Trinajstić information content (AvgIpc) is 2.94. The van der Waals surface area contributed by atoms with E-state index in [9.17, 15) is 27.6 Å². The second kappa shape index (κ2) is 12.6. The second-order valence-electron chi connectivity index (χ2n) is 7.96. The van der Waals surface area contributed by atoms with Gasteiger partial charge in [0.15, 0.2) is 0 Å². The van der Waals surface area contributed by atoms with E-state index >= 15 is 0 Å². The van der Waals surface area contributed by atoms with Gasteiger partial charge in [-0.3, -0.25) is 14.4 Å². The number of amides is 3. The molecule has 2 rings (SSSR count). The first kappa shape index (κ1) is 26.6. The minimum atomic E-state index is -4.46. The largest absolute Gasteiger partial charge is 0.389 e. The first-order chi connectivity index (χ1) is 15.6. The third-order valence-electron chi connectivity index (χ3n) is 5.57. The van der Waals surface area contributed by atoms with Crippen LogP contribution >= 0.6 is 0 Å². The standard InChI is InChI=1S/C23H32F3N3O4/c1-3-27(4-2)22(32)17-33-19-14-28(13-11-18-8-6-5-7-9-18)21(31)16-29(15-19)20(30)10-12-23(24,25)26/h5-9,19H,3-4,10-17H2,1-2H3/t19-/m1/s1. The molecule has 0 aliphatic carbocycles. The maximum atomic E-state index is 12.8. The van der Waals surface area contributed by atoms with Gasteiger partial charge in [-0.2, -0.15) is 13.2 Å². The second-order valence-corrected chi connectivity index (χ2v) is 7.96. The summed E-state index contributed by atoms with van der Waals surface area (Å²) in [5.41, 5.74) is 1.03. The number of rotatable bonds is 10. The summed E-state index contributed by atoms with van der Waals surface area (Å²) in [6.45, 7) is 4.68. The van der Waals surface area contributed by atoms with Crippen LogP contribution in [-0.4, -0.2) is 90.6 Å². The summed E-state index contributed by atoms with van der Waals surface area (Å²) in [7, 11) is 0. The third-order valence-corrected chi connectivity index (χ3v) is 5.57. The van der Waals surface area contributed by atoms with Gasteiger partial charge < -0.3 is 19.4 Å². The van der Waals surface area contributed by atoms with Crippen molar-refractivity contribution >= 4 is 17.7 Å². The summed E-state index contributed by atoms with van der Waals surface area (Å²) < 4.78 is 43.5. The number of likely N-dealkylation sites (N-methyl/N-ethyl adjacent to an activating group) is 1. The van der Waals surface area contributed by atoms with Crippen LogP contribution in [0.5, 0.6) is 0 Å². The van der Waals surface area contributed by atoms with Crippen molar-refractivity contribution in [2.45, 2.75) is 45.4 Å². The Kier molecular flexibility index (Phi) is 10.1. The highest BCUT2D eigenvalue weighted by atomic mass is 19.4. The number of alkyl halides is 3. The Morgan fingerprint density at radius 3 is 2.39 bits per heavy atom. The van der Waals surface area contributed by atoms with E-state index in [1.807, 2.05) is 44.2 Å². The van der Waals surface area contributed by atoms with Crippen molar-refractivity contribution in [1.29, 1.82) is 0 Å². The van der Waals surface area contributed by atoms with Gasteiger partial charge in [-0.25, -0.2) is 0 Å². The zero-order valence-electron chi connectivity index (χ0n) is 19.1. The minimum absolute atomic E-state index is 0.0458. The van der Waals surface area contributed by atoms with Crippen LogP contribution < -0.4 is 0 Å². The Morgan fingerprint density at radius 2 is 1.79 bits per heavy atom. The van der Waals surface area contributed by atoms with Crippen LogP contribution in [0.25, 0.3) is 0 Å². The normalized spacial score (nSPS) is 17.1. The number of carbonyl (C=O) groups is 3. The number of ether oxygens (including phenoxy) is 1. The molecule has 1 aliphatic rings. The Morgan fingerprint density at radius 1 is 1.12 bits per heavy atom. The molecule has 1 aliphatic heterocycles. The van der Waals surface area contributed by atoms with Gasteiger partial charge in [-0.15, -0.1) is 0 Å². The van der Waals surface area contributed by atoms with Crippen molar-refractivity contribution in [1.82, 2.24) is 14.7 Å². The molecule has 0 N–H and O–H groups in total. The molecule has 1 fully saturated rings. The zero-order valence-corrected chi connectivity index (χ0v) is 19.1. The van der Waals surface area contributed by atoms with E-state index in [1.165, 1.54) is 0 Å². The van der Waals surface area contributed by atoms with E-state index in [2.05, 4.69) is 0 Å². The molecular formula is C23H32F3N3O4. The summed E-state index contributed by atoms with van der Waals surface area (Å²) in [6, 6.07) is 9.55. The first-order valence-corrected chi connectivity index (χ1v) is 11.2. The molecule has 0 unspecified atom stereocenters. The molecule has 3 amide bonds. The van der Waals surface area contributed by atoms with Gasteiger partial charge in [0.2, 0.25) is 17.7 Å². The monoisotopic (exact) mass is 471 g/mol. The number of hydrogen-bond acceptors (Lipinski definition) is 4. The van der Waals surface area contributed by atoms with Gasteiger partial charge in [0.25, 0.3) is 0 Å². The number of nitrogens with zero attached hydrogens (tertiary/aromatic N) is 3. The van der Waals surface area contributed by atoms with Crippen LogP contribution in [0.2, 0.25) is 0 Å². The Hall–Kier alpha value is -2.62. The molecule has 10 heteroatoms. The molecule has 0 bridgehead atoms. The van der Waals surface area contributed by atoms with Crippen molar-refractivity contribution in [3.63, 3.8) is 0 Å². The quantitative estimate of drug-likeness (QED) is 0.526. The molecule has 0 aromatic heterocycles. The zero-order chi connectivity index (χ0) is 24.4. The lowest BCUT2D eigenvalue weighted by atomic mass is 10.1. The van der Waals surface area contributed by atoms with E-state index in [1.54, 1.807) is 9.80 Å². The molecule has 1 aromatic carbocycles. The minimum Gasteiger partial charge on any atom is -0.365 e. The van der Waals surface area contributed by atoms with Gasteiger partial charge >= 0.3 is 6.18 Å². The highest BCUT2D eigenvalue weighted by Gasteiger charge is 2.34. The highest BCUT2D eigenvalue weighted by Crippen LogP contribution is 2.22. The van der Waals surface area contributed by atoms with Crippen LogP contribution in [0.4, 0.5) is 13.2 Å². The lowest BCUT2D eigenvalue weighted by Crippen LogP contribution is -2.41. The molecular weight excluding hydrogens is 439 g/mol. The molecule has 0 saturated carbocycles. The van der Waals surface area contributed by atoms with Crippen LogP contribution in [-0.2, 0) is 25.5 Å². The van der Waals surface area contributed by atoms with Gasteiger partial charge in [0, 0.05) is 39.1 Å². The summed E-state index contributed by atoms with van der Waals surface area (Å²) in [5, 5.41) is 0. The maximum absolute atomic E-state index is 12.8. The van der Waals surface area contributed by atoms with Crippen LogP contribution in [0, 0.1) is 0 Å². The molecule has 0 radical (unpaired) electrons. The molecule has 184 valence electrons. The SMILES string of the molecule is CCN(CC)C(=O)CO[C@@H]1CN(CCc2ccccc2)C(=O)CN(C(=O)CCC(F)(F)F)C1. The van der Waals surface area contributed by atoms with Crippen LogP contribution in [0.3, 0.4) is 0 Å². The van der Waals surface area contributed by atoms with Crippen LogP contribution in [0.1, 0.15) is 32.3 Å². The predicted octanol–water partition coefficient (Wildman–Crippen LogP) is 2.50. The summed E-state index contributed by atoms with van der Waals surface area (Å²) >= 11 is 0. The average molecular weight is 472 g/mol. The molecule has 0 spiro atoms. The molecule has 1 aromatic rings. The third kappa shape index (κ3) is 9.03.